The first-order valence-corrected chi connectivity index (χ1v) is 12.7. The van der Waals surface area contributed by atoms with Gasteiger partial charge in [-0.1, -0.05) is 46.6 Å². The molecule has 1 aliphatic rings. The van der Waals surface area contributed by atoms with Crippen LogP contribution in [0.1, 0.15) is 80.1 Å². The van der Waals surface area contributed by atoms with Crippen molar-refractivity contribution in [3.63, 3.8) is 0 Å². The molecule has 2 N–H and O–H groups in total. The number of carbonyl (C=O) groups is 1. The van der Waals surface area contributed by atoms with Crippen molar-refractivity contribution in [1.29, 1.82) is 0 Å². The monoisotopic (exact) mass is 458 g/mol. The predicted octanol–water partition coefficient (Wildman–Crippen LogP) is 7.22. The van der Waals surface area contributed by atoms with Crippen LogP contribution in [0, 0.1) is 0 Å². The number of aliphatic imine (C=N–C) groups is 1. The first-order chi connectivity index (χ1) is 15.2. The van der Waals surface area contributed by atoms with Gasteiger partial charge in [0.05, 0.1) is 0 Å². The fourth-order valence-electron chi connectivity index (χ4n) is 3.22. The zero-order chi connectivity index (χ0) is 23.9. The zero-order valence-corrected chi connectivity index (χ0v) is 21.6. The normalized spacial score (nSPS) is 15.1. The number of nitrogens with one attached hydrogen (secondary N) is 1. The molecular formula is C27H42N2O2S. The summed E-state index contributed by atoms with van der Waals surface area (Å²) < 4.78 is 0. The number of carboxylic acid groups (broad SMARTS) is 1. The first kappa shape index (κ1) is 28.0. The minimum Gasteiger partial charge on any atom is -0.480 e. The van der Waals surface area contributed by atoms with E-state index in [-0.39, 0.29) is 0 Å². The van der Waals surface area contributed by atoms with Crippen molar-refractivity contribution in [3.05, 3.63) is 58.5 Å². The standard InChI is InChI=1S/C27H42N2O2S/c1-20(2)9-7-10-22(5)11-8-12-24(14-13-21(3)4)15-16-32-19-26(27(30)31)29-25-17-23(6)28-18-25/h9,11,13,15,18,26,29H,7-8,10,12,14,16-17,19H2,1-6H3,(H,30,31)/b22-11+,24-15-. The number of hydrogen-bond acceptors (Lipinski definition) is 4. The number of allylic oxidation sites excluding steroid dienone is 8. The number of aliphatic carboxylic acids is 1. The van der Waals surface area contributed by atoms with Crippen LogP contribution in [0.5, 0.6) is 0 Å². The molecule has 0 aliphatic carbocycles. The van der Waals surface area contributed by atoms with E-state index >= 15 is 0 Å². The van der Waals surface area contributed by atoms with Gasteiger partial charge in [0, 0.05) is 35.5 Å². The lowest BCUT2D eigenvalue weighted by molar-refractivity contribution is -0.138. The van der Waals surface area contributed by atoms with E-state index < -0.39 is 12.0 Å². The molecule has 0 aromatic rings. The molecule has 5 heteroatoms. The molecule has 0 saturated heterocycles. The summed E-state index contributed by atoms with van der Waals surface area (Å²) in [6, 6.07) is -0.589. The van der Waals surface area contributed by atoms with Crippen LogP contribution in [-0.2, 0) is 4.79 Å². The molecule has 32 heavy (non-hydrogen) atoms. The van der Waals surface area contributed by atoms with Crippen LogP contribution in [0.2, 0.25) is 0 Å². The molecule has 0 amide bonds. The second-order valence-electron chi connectivity index (χ2n) is 9.03. The van der Waals surface area contributed by atoms with Gasteiger partial charge < -0.3 is 10.4 Å². The quantitative estimate of drug-likeness (QED) is 0.201. The minimum atomic E-state index is -0.814. The van der Waals surface area contributed by atoms with E-state index in [9.17, 15) is 9.90 Å². The van der Waals surface area contributed by atoms with E-state index in [0.29, 0.717) is 12.2 Å². The average molecular weight is 459 g/mol. The van der Waals surface area contributed by atoms with Crippen molar-refractivity contribution in [2.75, 3.05) is 11.5 Å². The minimum absolute atomic E-state index is 0.529. The van der Waals surface area contributed by atoms with Gasteiger partial charge in [-0.3, -0.25) is 4.99 Å². The number of rotatable bonds is 15. The summed E-state index contributed by atoms with van der Waals surface area (Å²) in [6.07, 6.45) is 17.0. The molecule has 0 aromatic heterocycles. The van der Waals surface area contributed by atoms with E-state index in [0.717, 1.165) is 49.3 Å². The van der Waals surface area contributed by atoms with Crippen molar-refractivity contribution >= 4 is 23.4 Å². The van der Waals surface area contributed by atoms with Crippen LogP contribution in [0.15, 0.2) is 63.5 Å². The number of thioether (sulfide) groups is 1. The maximum atomic E-state index is 11.6. The Bertz CT molecular complexity index is 792. The Labute approximate surface area is 199 Å². The van der Waals surface area contributed by atoms with Gasteiger partial charge in [-0.25, -0.2) is 4.79 Å². The van der Waals surface area contributed by atoms with Gasteiger partial charge in [0.2, 0.25) is 0 Å². The lowest BCUT2D eigenvalue weighted by Gasteiger charge is -2.15. The van der Waals surface area contributed by atoms with Gasteiger partial charge >= 0.3 is 5.97 Å². The van der Waals surface area contributed by atoms with Crippen LogP contribution in [0.4, 0.5) is 0 Å². The maximum Gasteiger partial charge on any atom is 0.326 e. The Morgan fingerprint density at radius 3 is 2.38 bits per heavy atom. The Kier molecular flexibility index (Phi) is 13.8. The zero-order valence-electron chi connectivity index (χ0n) is 20.8. The number of nitrogens with zero attached hydrogens (tertiary/aromatic N) is 1. The first-order valence-electron chi connectivity index (χ1n) is 11.6. The molecule has 0 radical (unpaired) electrons. The highest BCUT2D eigenvalue weighted by atomic mass is 32.2. The summed E-state index contributed by atoms with van der Waals surface area (Å²) in [5.41, 5.74) is 7.49. The van der Waals surface area contributed by atoms with Crippen LogP contribution in [0.25, 0.3) is 0 Å². The third-order valence-corrected chi connectivity index (χ3v) is 6.11. The maximum absolute atomic E-state index is 11.6. The van der Waals surface area contributed by atoms with Gasteiger partial charge in [-0.15, -0.1) is 0 Å². The molecule has 178 valence electrons. The highest BCUT2D eigenvalue weighted by Gasteiger charge is 2.19. The second kappa shape index (κ2) is 15.7. The summed E-state index contributed by atoms with van der Waals surface area (Å²) in [5, 5.41) is 12.7. The summed E-state index contributed by atoms with van der Waals surface area (Å²) in [5.74, 6) is 0.543. The number of hydrogen-bond donors (Lipinski definition) is 2. The molecule has 1 atom stereocenters. The lowest BCUT2D eigenvalue weighted by atomic mass is 10.0. The molecule has 1 aliphatic heterocycles. The van der Waals surface area contributed by atoms with E-state index in [1.54, 1.807) is 18.0 Å². The molecule has 1 heterocycles. The van der Waals surface area contributed by atoms with Crippen molar-refractivity contribution in [2.24, 2.45) is 4.99 Å². The van der Waals surface area contributed by atoms with Crippen LogP contribution >= 0.6 is 11.8 Å². The third-order valence-electron chi connectivity index (χ3n) is 5.14. The second-order valence-corrected chi connectivity index (χ2v) is 10.1. The van der Waals surface area contributed by atoms with Gasteiger partial charge in [0.1, 0.15) is 6.04 Å². The van der Waals surface area contributed by atoms with Gasteiger partial charge in [0.25, 0.3) is 0 Å². The molecule has 0 saturated carbocycles. The van der Waals surface area contributed by atoms with E-state index in [2.05, 4.69) is 69.2 Å². The SMILES string of the molecule is CC(C)=CCC/C(C)=C/CC/C(=C/CSCC(NC1=CN=C(C)C1)C(=O)O)CC=C(C)C. The Morgan fingerprint density at radius 1 is 1.09 bits per heavy atom. The third kappa shape index (κ3) is 13.4. The Balaban J connectivity index is 2.54. The Hall–Kier alpha value is -2.01. The summed E-state index contributed by atoms with van der Waals surface area (Å²) in [4.78, 5) is 15.8. The van der Waals surface area contributed by atoms with Gasteiger partial charge in [-0.05, 0) is 73.6 Å². The van der Waals surface area contributed by atoms with Crippen LogP contribution in [0.3, 0.4) is 0 Å². The fraction of sp³-hybridized carbons (Fsp3) is 0.556. The van der Waals surface area contributed by atoms with Crippen molar-refractivity contribution in [2.45, 2.75) is 86.1 Å². The highest BCUT2D eigenvalue weighted by Crippen LogP contribution is 2.18. The molecular weight excluding hydrogens is 416 g/mol. The number of carboxylic acids is 1. The van der Waals surface area contributed by atoms with Crippen molar-refractivity contribution in [3.8, 4) is 0 Å². The topological polar surface area (TPSA) is 61.7 Å². The molecule has 1 rings (SSSR count). The van der Waals surface area contributed by atoms with Crippen molar-refractivity contribution in [1.82, 2.24) is 5.32 Å². The molecule has 4 nitrogen and oxygen atoms in total. The summed E-state index contributed by atoms with van der Waals surface area (Å²) in [6.45, 7) is 12.7. The smallest absolute Gasteiger partial charge is 0.326 e. The summed E-state index contributed by atoms with van der Waals surface area (Å²) >= 11 is 1.66. The summed E-state index contributed by atoms with van der Waals surface area (Å²) in [7, 11) is 0. The van der Waals surface area contributed by atoms with Crippen LogP contribution in [-0.4, -0.2) is 34.3 Å². The van der Waals surface area contributed by atoms with Gasteiger partial charge in [0.15, 0.2) is 0 Å². The lowest BCUT2D eigenvalue weighted by Crippen LogP contribution is -2.38. The molecule has 0 aromatic carbocycles. The average Bonchev–Trinajstić information content (AvgIpc) is 3.11. The van der Waals surface area contributed by atoms with Gasteiger partial charge in [-0.2, -0.15) is 11.8 Å². The molecule has 1 unspecified atom stereocenters. The molecule has 0 spiro atoms. The largest absolute Gasteiger partial charge is 0.480 e. The highest BCUT2D eigenvalue weighted by molar-refractivity contribution is 7.99. The fourth-order valence-corrected chi connectivity index (χ4v) is 4.17. The van der Waals surface area contributed by atoms with E-state index in [1.807, 2.05) is 6.92 Å². The van der Waals surface area contributed by atoms with E-state index in [4.69, 9.17) is 0 Å². The molecule has 0 fully saturated rings. The molecule has 0 bridgehead atoms. The van der Waals surface area contributed by atoms with Crippen LogP contribution < -0.4 is 5.32 Å². The Morgan fingerprint density at radius 2 is 1.78 bits per heavy atom. The van der Waals surface area contributed by atoms with E-state index in [1.165, 1.54) is 22.3 Å². The predicted molar refractivity (Wildman–Crippen MR) is 141 cm³/mol. The van der Waals surface area contributed by atoms with Crippen molar-refractivity contribution < 1.29 is 9.90 Å².